The molecule has 0 saturated carbocycles. The number of benzene rings is 1. The van der Waals surface area contributed by atoms with Crippen molar-refractivity contribution in [1.29, 1.82) is 0 Å². The summed E-state index contributed by atoms with van der Waals surface area (Å²) in [5.41, 5.74) is 1.95. The molecule has 1 atom stereocenters. The highest BCUT2D eigenvalue weighted by molar-refractivity contribution is 5.81. The van der Waals surface area contributed by atoms with E-state index in [1.807, 2.05) is 31.2 Å². The van der Waals surface area contributed by atoms with E-state index in [0.29, 0.717) is 6.61 Å². The molecule has 0 spiro atoms. The van der Waals surface area contributed by atoms with Gasteiger partial charge in [-0.1, -0.05) is 17.3 Å². The molecule has 0 aliphatic carbocycles. The predicted octanol–water partition coefficient (Wildman–Crippen LogP) is 2.18. The summed E-state index contributed by atoms with van der Waals surface area (Å²) in [5, 5.41) is 11.8. The highest BCUT2D eigenvalue weighted by Crippen LogP contribution is 2.15. The minimum absolute atomic E-state index is 0.145. The molecule has 1 fully saturated rings. The monoisotopic (exact) mass is 292 g/mol. The second kappa shape index (κ2) is 8.00. The van der Waals surface area contributed by atoms with Crippen LogP contribution in [0.1, 0.15) is 18.9 Å². The molecule has 1 unspecified atom stereocenters. The molecular weight excluding hydrogens is 268 g/mol. The molecule has 1 heterocycles. The molecule has 0 aromatic heterocycles. The van der Waals surface area contributed by atoms with Crippen LogP contribution in [-0.2, 0) is 11.2 Å². The summed E-state index contributed by atoms with van der Waals surface area (Å²) in [6.45, 7) is 5.08. The summed E-state index contributed by atoms with van der Waals surface area (Å²) >= 11 is 0. The quantitative estimate of drug-likeness (QED) is 0.496. The van der Waals surface area contributed by atoms with Crippen molar-refractivity contribution in [3.63, 3.8) is 0 Å². The Morgan fingerprint density at radius 1 is 1.43 bits per heavy atom. The van der Waals surface area contributed by atoms with Crippen molar-refractivity contribution in [1.82, 2.24) is 4.90 Å². The van der Waals surface area contributed by atoms with Crippen molar-refractivity contribution in [3.8, 4) is 5.75 Å². The molecule has 0 bridgehead atoms. The topological polar surface area (TPSA) is 54.3 Å². The van der Waals surface area contributed by atoms with E-state index >= 15 is 0 Å². The lowest BCUT2D eigenvalue weighted by molar-refractivity contribution is -0.0403. The van der Waals surface area contributed by atoms with Crippen molar-refractivity contribution in [2.45, 2.75) is 25.9 Å². The van der Waals surface area contributed by atoms with Crippen LogP contribution in [0.4, 0.5) is 0 Å². The van der Waals surface area contributed by atoms with Crippen LogP contribution < -0.4 is 4.74 Å². The van der Waals surface area contributed by atoms with Gasteiger partial charge in [0.05, 0.1) is 12.3 Å². The minimum atomic E-state index is 0.145. The second-order valence-electron chi connectivity index (χ2n) is 5.55. The summed E-state index contributed by atoms with van der Waals surface area (Å²) < 4.78 is 11.4. The number of rotatable bonds is 6. The van der Waals surface area contributed by atoms with Gasteiger partial charge in [-0.3, -0.25) is 0 Å². The molecule has 1 aromatic carbocycles. The summed E-state index contributed by atoms with van der Waals surface area (Å²) in [5.74, 6) is 0.864. The summed E-state index contributed by atoms with van der Waals surface area (Å²) in [6.07, 6.45) is 1.78. The molecule has 21 heavy (non-hydrogen) atoms. The third-order valence-electron chi connectivity index (χ3n) is 3.65. The van der Waals surface area contributed by atoms with Crippen LogP contribution in [0.3, 0.4) is 0 Å². The van der Waals surface area contributed by atoms with E-state index in [1.165, 1.54) is 5.56 Å². The molecule has 1 aliphatic rings. The van der Waals surface area contributed by atoms with Gasteiger partial charge in [0.2, 0.25) is 0 Å². The van der Waals surface area contributed by atoms with Crippen molar-refractivity contribution < 1.29 is 14.7 Å². The van der Waals surface area contributed by atoms with Crippen molar-refractivity contribution >= 4 is 5.71 Å². The zero-order chi connectivity index (χ0) is 15.1. The van der Waals surface area contributed by atoms with Gasteiger partial charge in [-0.15, -0.1) is 0 Å². The lowest BCUT2D eigenvalue weighted by Crippen LogP contribution is -2.42. The molecule has 1 saturated heterocycles. The average molecular weight is 292 g/mol. The lowest BCUT2D eigenvalue weighted by atomic mass is 10.1. The Bertz CT molecular complexity index is 459. The van der Waals surface area contributed by atoms with Crippen LogP contribution >= 0.6 is 0 Å². The number of hydrogen-bond donors (Lipinski definition) is 1. The Morgan fingerprint density at radius 3 is 2.86 bits per heavy atom. The number of likely N-dealkylation sites (N-methyl/N-ethyl adjacent to an activating group) is 1. The van der Waals surface area contributed by atoms with E-state index in [1.54, 1.807) is 0 Å². The van der Waals surface area contributed by atoms with E-state index < -0.39 is 0 Å². The highest BCUT2D eigenvalue weighted by Gasteiger charge is 2.18. The van der Waals surface area contributed by atoms with Crippen molar-refractivity contribution in [2.75, 3.05) is 33.4 Å². The fraction of sp³-hybridized carbons (Fsp3) is 0.562. The summed E-state index contributed by atoms with van der Waals surface area (Å²) in [6, 6.07) is 8.06. The van der Waals surface area contributed by atoms with Gasteiger partial charge in [-0.05, 0) is 44.5 Å². The maximum Gasteiger partial charge on any atom is 0.119 e. The highest BCUT2D eigenvalue weighted by atomic mass is 16.5. The van der Waals surface area contributed by atoms with Gasteiger partial charge in [0.15, 0.2) is 0 Å². The number of aryl methyl sites for hydroxylation is 1. The van der Waals surface area contributed by atoms with Crippen LogP contribution in [0.5, 0.6) is 5.75 Å². The van der Waals surface area contributed by atoms with Gasteiger partial charge in [-0.2, -0.15) is 0 Å². The number of hydrogen-bond acceptors (Lipinski definition) is 5. The Morgan fingerprint density at radius 2 is 2.19 bits per heavy atom. The van der Waals surface area contributed by atoms with Gasteiger partial charge >= 0.3 is 0 Å². The van der Waals surface area contributed by atoms with Crippen molar-refractivity contribution in [2.24, 2.45) is 5.16 Å². The summed E-state index contributed by atoms with van der Waals surface area (Å²) in [7, 11) is 2.10. The molecule has 5 heteroatoms. The third-order valence-corrected chi connectivity index (χ3v) is 3.65. The Hall–Kier alpha value is -1.59. The maximum atomic E-state index is 8.62. The fourth-order valence-corrected chi connectivity index (χ4v) is 2.28. The molecule has 0 amide bonds. The van der Waals surface area contributed by atoms with Gasteiger partial charge in [0.1, 0.15) is 18.5 Å². The summed E-state index contributed by atoms with van der Waals surface area (Å²) in [4.78, 5) is 2.26. The van der Waals surface area contributed by atoms with E-state index in [2.05, 4.69) is 17.1 Å². The molecule has 1 aliphatic heterocycles. The number of ether oxygens (including phenoxy) is 2. The molecule has 1 aromatic rings. The number of oxime groups is 1. The zero-order valence-corrected chi connectivity index (χ0v) is 12.8. The molecule has 116 valence electrons. The van der Waals surface area contributed by atoms with E-state index in [-0.39, 0.29) is 6.10 Å². The maximum absolute atomic E-state index is 8.62. The third kappa shape index (κ3) is 5.36. The van der Waals surface area contributed by atoms with Gasteiger partial charge in [0.25, 0.3) is 0 Å². The first kappa shape index (κ1) is 15.8. The fourth-order valence-electron chi connectivity index (χ4n) is 2.28. The van der Waals surface area contributed by atoms with E-state index in [4.69, 9.17) is 14.7 Å². The molecular formula is C16H24N2O3. The van der Waals surface area contributed by atoms with Crippen LogP contribution in [0, 0.1) is 0 Å². The average Bonchev–Trinajstić information content (AvgIpc) is 2.51. The van der Waals surface area contributed by atoms with Crippen LogP contribution in [-0.4, -0.2) is 55.3 Å². The SMILES string of the molecule is CC(CCc1ccc(OCC2CN(C)CCO2)cc1)=NO. The van der Waals surface area contributed by atoms with Gasteiger partial charge in [0, 0.05) is 13.1 Å². The smallest absolute Gasteiger partial charge is 0.119 e. The lowest BCUT2D eigenvalue weighted by Gasteiger charge is -2.29. The van der Waals surface area contributed by atoms with Crippen LogP contribution in [0.2, 0.25) is 0 Å². The van der Waals surface area contributed by atoms with Gasteiger partial charge in [-0.25, -0.2) is 0 Å². The Balaban J connectivity index is 1.76. The van der Waals surface area contributed by atoms with E-state index in [9.17, 15) is 0 Å². The number of nitrogens with zero attached hydrogens (tertiary/aromatic N) is 2. The Labute approximate surface area is 126 Å². The standard InChI is InChI=1S/C16H24N2O3/c1-13(17-19)3-4-14-5-7-15(8-6-14)21-12-16-11-18(2)9-10-20-16/h5-8,16,19H,3-4,9-12H2,1-2H3. The molecule has 2 rings (SSSR count). The largest absolute Gasteiger partial charge is 0.491 e. The predicted molar refractivity (Wildman–Crippen MR) is 82.4 cm³/mol. The second-order valence-corrected chi connectivity index (χ2v) is 5.55. The molecule has 5 nitrogen and oxygen atoms in total. The Kier molecular flexibility index (Phi) is 6.02. The first-order valence-electron chi connectivity index (χ1n) is 7.37. The number of morpholine rings is 1. The zero-order valence-electron chi connectivity index (χ0n) is 12.8. The van der Waals surface area contributed by atoms with Crippen LogP contribution in [0.25, 0.3) is 0 Å². The van der Waals surface area contributed by atoms with Gasteiger partial charge < -0.3 is 19.6 Å². The van der Waals surface area contributed by atoms with Crippen molar-refractivity contribution in [3.05, 3.63) is 29.8 Å². The van der Waals surface area contributed by atoms with Crippen LogP contribution in [0.15, 0.2) is 29.4 Å². The van der Waals surface area contributed by atoms with E-state index in [0.717, 1.165) is 44.0 Å². The first-order valence-corrected chi connectivity index (χ1v) is 7.37. The molecule has 1 N–H and O–H groups in total. The minimum Gasteiger partial charge on any atom is -0.491 e. The normalized spacial score (nSPS) is 20.5. The first-order chi connectivity index (χ1) is 10.2. The molecule has 0 radical (unpaired) electrons.